The molecule has 0 aliphatic rings. The summed E-state index contributed by atoms with van der Waals surface area (Å²) in [4.78, 5) is 36.9. The van der Waals surface area contributed by atoms with Crippen LogP contribution in [0.3, 0.4) is 0 Å². The molecule has 0 radical (unpaired) electrons. The van der Waals surface area contributed by atoms with E-state index < -0.39 is 10.8 Å². The largest absolute Gasteiger partial charge is 0.340 e. The predicted molar refractivity (Wildman–Crippen MR) is 80.9 cm³/mol. The van der Waals surface area contributed by atoms with Crippen LogP contribution in [0.25, 0.3) is 11.2 Å². The van der Waals surface area contributed by atoms with Gasteiger partial charge in [-0.2, -0.15) is 0 Å². The molecule has 2 aromatic heterocycles. The second-order valence-electron chi connectivity index (χ2n) is 4.33. The second kappa shape index (κ2) is 5.85. The van der Waals surface area contributed by atoms with Crippen molar-refractivity contribution < 1.29 is 9.72 Å². The molecule has 0 unspecified atom stereocenters. The number of aromatic amines is 1. The van der Waals surface area contributed by atoms with Gasteiger partial charge in [0.05, 0.1) is 11.3 Å². The lowest BCUT2D eigenvalue weighted by molar-refractivity contribution is -0.384. The molecular formula is C12H8ClN7O3. The molecule has 3 N–H and O–H groups in total. The van der Waals surface area contributed by atoms with Crippen molar-refractivity contribution in [1.82, 2.24) is 25.4 Å². The molecule has 0 aliphatic carbocycles. The third-order valence-electron chi connectivity index (χ3n) is 2.92. The van der Waals surface area contributed by atoms with Gasteiger partial charge in [0, 0.05) is 11.6 Å². The highest BCUT2D eigenvalue weighted by Crippen LogP contribution is 2.25. The zero-order valence-electron chi connectivity index (χ0n) is 11.3. The standard InChI is InChI=1S/C12H8ClN7O3/c13-7-2-1-6(3-8(7)20(22)23)12(21)19-18-11-9-10(15-4-14-9)16-5-17-11/h1-5H,(H,19,21)(H2,14,15,16,17,18). The molecule has 0 fully saturated rings. The van der Waals surface area contributed by atoms with E-state index in [-0.39, 0.29) is 16.3 Å². The molecule has 3 aromatic rings. The fourth-order valence-electron chi connectivity index (χ4n) is 1.84. The van der Waals surface area contributed by atoms with Crippen LogP contribution in [-0.2, 0) is 0 Å². The van der Waals surface area contributed by atoms with Gasteiger partial charge in [-0.15, -0.1) is 0 Å². The zero-order valence-corrected chi connectivity index (χ0v) is 12.0. The Bertz CT molecular complexity index is 911. The first-order valence-electron chi connectivity index (χ1n) is 6.20. The van der Waals surface area contributed by atoms with Crippen molar-refractivity contribution in [1.29, 1.82) is 0 Å². The van der Waals surface area contributed by atoms with Crippen LogP contribution in [0.15, 0.2) is 30.9 Å². The molecule has 23 heavy (non-hydrogen) atoms. The van der Waals surface area contributed by atoms with Gasteiger partial charge in [0.2, 0.25) is 0 Å². The third-order valence-corrected chi connectivity index (χ3v) is 3.24. The topological polar surface area (TPSA) is 139 Å². The van der Waals surface area contributed by atoms with Crippen LogP contribution < -0.4 is 10.9 Å². The first-order chi connectivity index (χ1) is 11.1. The van der Waals surface area contributed by atoms with Crippen LogP contribution in [0.4, 0.5) is 11.5 Å². The maximum atomic E-state index is 12.1. The molecule has 116 valence electrons. The molecule has 1 amide bonds. The Kier molecular flexibility index (Phi) is 3.73. The van der Waals surface area contributed by atoms with Gasteiger partial charge >= 0.3 is 0 Å². The van der Waals surface area contributed by atoms with Crippen LogP contribution in [-0.4, -0.2) is 30.8 Å². The highest BCUT2D eigenvalue weighted by Gasteiger charge is 2.16. The summed E-state index contributed by atoms with van der Waals surface area (Å²) < 4.78 is 0. The smallest absolute Gasteiger partial charge is 0.288 e. The Morgan fingerprint density at radius 1 is 1.30 bits per heavy atom. The first kappa shape index (κ1) is 14.7. The molecular weight excluding hydrogens is 326 g/mol. The minimum Gasteiger partial charge on any atom is -0.340 e. The van der Waals surface area contributed by atoms with Crippen molar-refractivity contribution in [2.24, 2.45) is 0 Å². The van der Waals surface area contributed by atoms with Gasteiger partial charge in [0.1, 0.15) is 16.9 Å². The Morgan fingerprint density at radius 2 is 2.13 bits per heavy atom. The van der Waals surface area contributed by atoms with E-state index in [1.54, 1.807) is 0 Å². The molecule has 11 heteroatoms. The molecule has 10 nitrogen and oxygen atoms in total. The SMILES string of the molecule is O=C(NNc1ncnc2nc[nH]c12)c1ccc(Cl)c([N+](=O)[O-])c1. The monoisotopic (exact) mass is 333 g/mol. The summed E-state index contributed by atoms with van der Waals surface area (Å²) >= 11 is 5.70. The van der Waals surface area contributed by atoms with Crippen LogP contribution in [0, 0.1) is 10.1 Å². The number of H-pyrrole nitrogens is 1. The number of hydrogen-bond donors (Lipinski definition) is 3. The average molecular weight is 334 g/mol. The summed E-state index contributed by atoms with van der Waals surface area (Å²) in [7, 11) is 0. The average Bonchev–Trinajstić information content (AvgIpc) is 3.01. The summed E-state index contributed by atoms with van der Waals surface area (Å²) in [5.74, 6) is -0.277. The number of carbonyl (C=O) groups excluding carboxylic acids is 1. The highest BCUT2D eigenvalue weighted by molar-refractivity contribution is 6.32. The number of nitrogens with one attached hydrogen (secondary N) is 3. The van der Waals surface area contributed by atoms with Crippen molar-refractivity contribution in [2.75, 3.05) is 5.43 Å². The Morgan fingerprint density at radius 3 is 2.91 bits per heavy atom. The molecule has 0 spiro atoms. The van der Waals surface area contributed by atoms with Crippen molar-refractivity contribution in [2.45, 2.75) is 0 Å². The van der Waals surface area contributed by atoms with Gasteiger partial charge in [0.15, 0.2) is 11.5 Å². The summed E-state index contributed by atoms with van der Waals surface area (Å²) in [6.07, 6.45) is 2.72. The summed E-state index contributed by atoms with van der Waals surface area (Å²) in [5, 5.41) is 10.8. The van der Waals surface area contributed by atoms with Gasteiger partial charge in [0.25, 0.3) is 11.6 Å². The van der Waals surface area contributed by atoms with Crippen molar-refractivity contribution >= 4 is 40.2 Å². The van der Waals surface area contributed by atoms with Gasteiger partial charge in [-0.1, -0.05) is 11.6 Å². The van der Waals surface area contributed by atoms with Crippen molar-refractivity contribution in [3.63, 3.8) is 0 Å². The molecule has 0 bridgehead atoms. The Hall–Kier alpha value is -3.27. The number of nitro groups is 1. The lowest BCUT2D eigenvalue weighted by atomic mass is 10.2. The number of amides is 1. The fraction of sp³-hybridized carbons (Fsp3) is 0. The minimum absolute atomic E-state index is 0.0468. The quantitative estimate of drug-likeness (QED) is 0.487. The molecule has 2 heterocycles. The molecule has 1 aromatic carbocycles. The molecule has 3 rings (SSSR count). The third kappa shape index (κ3) is 2.87. The summed E-state index contributed by atoms with van der Waals surface area (Å²) in [6.45, 7) is 0. The minimum atomic E-state index is -0.662. The maximum absolute atomic E-state index is 12.1. The lowest BCUT2D eigenvalue weighted by Crippen LogP contribution is -2.30. The molecule has 0 atom stereocenters. The number of hydrazine groups is 1. The number of nitro benzene ring substituents is 1. The molecule has 0 saturated heterocycles. The fourth-order valence-corrected chi connectivity index (χ4v) is 2.03. The number of anilines is 1. The highest BCUT2D eigenvalue weighted by atomic mass is 35.5. The van der Waals surface area contributed by atoms with Gasteiger partial charge in [-0.3, -0.25) is 25.8 Å². The normalized spacial score (nSPS) is 10.5. The number of hydrogen-bond acceptors (Lipinski definition) is 7. The lowest BCUT2D eigenvalue weighted by Gasteiger charge is -2.08. The van der Waals surface area contributed by atoms with E-state index in [9.17, 15) is 14.9 Å². The number of fused-ring (bicyclic) bond motifs is 1. The van der Waals surface area contributed by atoms with E-state index in [2.05, 4.69) is 30.8 Å². The van der Waals surface area contributed by atoms with E-state index in [1.165, 1.54) is 24.8 Å². The molecule has 0 saturated carbocycles. The zero-order chi connectivity index (χ0) is 16.4. The van der Waals surface area contributed by atoms with Crippen LogP contribution in [0.1, 0.15) is 10.4 Å². The van der Waals surface area contributed by atoms with Crippen LogP contribution in [0.5, 0.6) is 0 Å². The first-order valence-corrected chi connectivity index (χ1v) is 6.58. The number of benzene rings is 1. The number of imidazole rings is 1. The Labute approximate surface area is 133 Å². The summed E-state index contributed by atoms with van der Waals surface area (Å²) in [6, 6.07) is 3.75. The summed E-state index contributed by atoms with van der Waals surface area (Å²) in [5.41, 5.74) is 5.66. The Balaban J connectivity index is 1.79. The van der Waals surface area contributed by atoms with Gasteiger partial charge in [-0.25, -0.2) is 15.0 Å². The van der Waals surface area contributed by atoms with Crippen LogP contribution >= 0.6 is 11.6 Å². The number of carbonyl (C=O) groups is 1. The van der Waals surface area contributed by atoms with E-state index in [0.717, 1.165) is 6.07 Å². The van der Waals surface area contributed by atoms with Crippen molar-refractivity contribution in [3.05, 3.63) is 51.6 Å². The van der Waals surface area contributed by atoms with Crippen LogP contribution in [0.2, 0.25) is 5.02 Å². The number of rotatable bonds is 4. The predicted octanol–water partition coefficient (Wildman–Crippen LogP) is 1.67. The maximum Gasteiger partial charge on any atom is 0.288 e. The number of halogens is 1. The second-order valence-corrected chi connectivity index (χ2v) is 4.73. The van der Waals surface area contributed by atoms with E-state index in [1.807, 2.05) is 0 Å². The molecule has 0 aliphatic heterocycles. The number of aromatic nitrogens is 4. The van der Waals surface area contributed by atoms with E-state index >= 15 is 0 Å². The number of nitrogens with zero attached hydrogens (tertiary/aromatic N) is 4. The van der Waals surface area contributed by atoms with Gasteiger partial charge < -0.3 is 4.98 Å². The van der Waals surface area contributed by atoms with Crippen molar-refractivity contribution in [3.8, 4) is 0 Å². The van der Waals surface area contributed by atoms with E-state index in [4.69, 9.17) is 11.6 Å². The van der Waals surface area contributed by atoms with E-state index in [0.29, 0.717) is 17.0 Å². The van der Waals surface area contributed by atoms with Gasteiger partial charge in [-0.05, 0) is 12.1 Å².